The Morgan fingerprint density at radius 2 is 1.52 bits per heavy atom. The number of nitrogens with zero attached hydrogens (tertiary/aromatic N) is 1. The highest BCUT2D eigenvalue weighted by Crippen LogP contribution is 2.45. The van der Waals surface area contributed by atoms with E-state index in [2.05, 4.69) is 0 Å². The molecule has 3 aromatic carbocycles. The number of para-hydroxylation sites is 1. The number of carbonyl (C=O) groups is 2. The van der Waals surface area contributed by atoms with Gasteiger partial charge < -0.3 is 9.84 Å². The first-order valence-electron chi connectivity index (χ1n) is 10.2. The zero-order chi connectivity index (χ0) is 23.9. The zero-order valence-electron chi connectivity index (χ0n) is 18.2. The van der Waals surface area contributed by atoms with E-state index >= 15 is 0 Å². The predicted octanol–water partition coefficient (Wildman–Crippen LogP) is 6.25. The molecule has 1 aliphatic heterocycles. The van der Waals surface area contributed by atoms with Crippen LogP contribution in [0.5, 0.6) is 5.75 Å². The summed E-state index contributed by atoms with van der Waals surface area (Å²) in [4.78, 5) is 28.0. The van der Waals surface area contributed by atoms with Crippen LogP contribution in [-0.2, 0) is 9.59 Å². The first-order chi connectivity index (χ1) is 15.8. The van der Waals surface area contributed by atoms with Gasteiger partial charge in [0.1, 0.15) is 5.76 Å². The van der Waals surface area contributed by atoms with Gasteiger partial charge in [0.05, 0.1) is 28.8 Å². The van der Waals surface area contributed by atoms with Gasteiger partial charge in [-0.2, -0.15) is 0 Å². The summed E-state index contributed by atoms with van der Waals surface area (Å²) < 4.78 is 5.18. The van der Waals surface area contributed by atoms with E-state index in [1.54, 1.807) is 12.1 Å². The van der Waals surface area contributed by atoms with Crippen molar-refractivity contribution in [3.63, 3.8) is 0 Å². The van der Waals surface area contributed by atoms with Crippen LogP contribution in [0.4, 0.5) is 5.69 Å². The molecule has 1 heterocycles. The van der Waals surface area contributed by atoms with E-state index < -0.39 is 17.7 Å². The van der Waals surface area contributed by atoms with Crippen LogP contribution in [0.25, 0.3) is 5.76 Å². The van der Waals surface area contributed by atoms with Gasteiger partial charge in [-0.15, -0.1) is 0 Å². The Morgan fingerprint density at radius 3 is 2.09 bits per heavy atom. The molecule has 0 bridgehead atoms. The lowest BCUT2D eigenvalue weighted by Crippen LogP contribution is -2.30. The fraction of sp³-hybridized carbons (Fsp3) is 0.154. The fourth-order valence-electron chi connectivity index (χ4n) is 4.15. The molecule has 1 amide bonds. The number of aryl methyl sites for hydroxylation is 2. The minimum Gasteiger partial charge on any atom is -0.507 e. The van der Waals surface area contributed by atoms with Crippen LogP contribution in [0.2, 0.25) is 10.0 Å². The highest BCUT2D eigenvalue weighted by Gasteiger charge is 2.47. The lowest BCUT2D eigenvalue weighted by molar-refractivity contribution is -0.132. The van der Waals surface area contributed by atoms with E-state index in [1.807, 2.05) is 50.2 Å². The van der Waals surface area contributed by atoms with Crippen molar-refractivity contribution in [2.45, 2.75) is 19.9 Å². The van der Waals surface area contributed by atoms with Crippen molar-refractivity contribution in [1.29, 1.82) is 0 Å². The van der Waals surface area contributed by atoms with E-state index in [0.717, 1.165) is 16.7 Å². The summed E-state index contributed by atoms with van der Waals surface area (Å²) in [6, 6.07) is 16.9. The summed E-state index contributed by atoms with van der Waals surface area (Å²) >= 11 is 12.5. The smallest absolute Gasteiger partial charge is 0.300 e. The average Bonchev–Trinajstić information content (AvgIpc) is 3.04. The van der Waals surface area contributed by atoms with E-state index in [-0.39, 0.29) is 32.7 Å². The fourth-order valence-corrected chi connectivity index (χ4v) is 4.79. The first kappa shape index (κ1) is 22.9. The topological polar surface area (TPSA) is 66.8 Å². The number of carbonyl (C=O) groups excluding carboxylic acids is 2. The second-order valence-electron chi connectivity index (χ2n) is 7.79. The third-order valence-corrected chi connectivity index (χ3v) is 6.34. The van der Waals surface area contributed by atoms with Crippen molar-refractivity contribution in [1.82, 2.24) is 0 Å². The van der Waals surface area contributed by atoms with Crippen molar-refractivity contribution < 1.29 is 19.4 Å². The van der Waals surface area contributed by atoms with Crippen molar-refractivity contribution in [3.8, 4) is 5.75 Å². The summed E-state index contributed by atoms with van der Waals surface area (Å²) in [7, 11) is 1.43. The van der Waals surface area contributed by atoms with Gasteiger partial charge in [-0.05, 0) is 48.7 Å². The molecule has 0 aliphatic carbocycles. The Bertz CT molecular complexity index is 1290. The van der Waals surface area contributed by atoms with E-state index in [1.165, 1.54) is 24.1 Å². The quantitative estimate of drug-likeness (QED) is 0.271. The Balaban J connectivity index is 2.00. The third-order valence-electron chi connectivity index (χ3n) is 5.78. The molecule has 0 aromatic heterocycles. The number of benzene rings is 3. The summed E-state index contributed by atoms with van der Waals surface area (Å²) in [6.07, 6.45) is 0. The average molecular weight is 482 g/mol. The molecule has 1 atom stereocenters. The van der Waals surface area contributed by atoms with Gasteiger partial charge >= 0.3 is 0 Å². The van der Waals surface area contributed by atoms with E-state index in [4.69, 9.17) is 27.9 Å². The molecule has 1 saturated heterocycles. The first-order valence-corrected chi connectivity index (χ1v) is 11.0. The maximum atomic E-state index is 13.3. The number of aliphatic hydroxyl groups is 1. The maximum Gasteiger partial charge on any atom is 0.300 e. The lowest BCUT2D eigenvalue weighted by atomic mass is 9.92. The highest BCUT2D eigenvalue weighted by atomic mass is 35.5. The van der Waals surface area contributed by atoms with Crippen molar-refractivity contribution in [3.05, 3.63) is 98.5 Å². The molecule has 0 saturated carbocycles. The minimum absolute atomic E-state index is 0.0325. The van der Waals surface area contributed by atoms with Gasteiger partial charge in [-0.25, -0.2) is 0 Å². The Morgan fingerprint density at radius 1 is 0.939 bits per heavy atom. The summed E-state index contributed by atoms with van der Waals surface area (Å²) in [5.74, 6) is -1.60. The Hall–Kier alpha value is -3.28. The van der Waals surface area contributed by atoms with E-state index in [0.29, 0.717) is 5.69 Å². The summed E-state index contributed by atoms with van der Waals surface area (Å²) in [6.45, 7) is 3.76. The van der Waals surface area contributed by atoms with Gasteiger partial charge in [0.2, 0.25) is 0 Å². The predicted molar refractivity (Wildman–Crippen MR) is 130 cm³/mol. The highest BCUT2D eigenvalue weighted by molar-refractivity contribution is 6.52. The molecule has 1 fully saturated rings. The molecular formula is C26H21Cl2NO4. The van der Waals surface area contributed by atoms with Gasteiger partial charge in [0, 0.05) is 11.3 Å². The number of hydrogen-bond donors (Lipinski definition) is 1. The summed E-state index contributed by atoms with van der Waals surface area (Å²) in [5, 5.41) is 11.6. The van der Waals surface area contributed by atoms with Gasteiger partial charge in [0.15, 0.2) is 5.75 Å². The molecule has 1 N–H and O–H groups in total. The molecule has 1 aliphatic rings. The maximum absolute atomic E-state index is 13.3. The number of halogens is 2. The standard InChI is InChI=1S/C26H21Cl2NO4/c1-14-8-4-6-10-17(14)22-21(23(30)16-12-18(27)25(33-3)19(28)13-16)24(31)26(32)29(22)20-11-7-5-9-15(20)2/h4-13,22,30H,1-3H3/b23-21+. The summed E-state index contributed by atoms with van der Waals surface area (Å²) in [5.41, 5.74) is 3.21. The van der Waals surface area contributed by atoms with Crippen LogP contribution < -0.4 is 9.64 Å². The molecule has 33 heavy (non-hydrogen) atoms. The van der Waals surface area contributed by atoms with Crippen LogP contribution in [0.3, 0.4) is 0 Å². The van der Waals surface area contributed by atoms with Crippen LogP contribution in [0.1, 0.15) is 28.3 Å². The number of amides is 1. The normalized spacial score (nSPS) is 17.5. The van der Waals surface area contributed by atoms with Gasteiger partial charge in [-0.3, -0.25) is 14.5 Å². The second kappa shape index (κ2) is 8.93. The van der Waals surface area contributed by atoms with Crippen LogP contribution in [0, 0.1) is 13.8 Å². The Labute approximate surface area is 201 Å². The molecular weight excluding hydrogens is 461 g/mol. The van der Waals surface area contributed by atoms with Crippen molar-refractivity contribution in [2.24, 2.45) is 0 Å². The number of aliphatic hydroxyl groups excluding tert-OH is 1. The second-order valence-corrected chi connectivity index (χ2v) is 8.60. The van der Waals surface area contributed by atoms with Gasteiger partial charge in [-0.1, -0.05) is 65.7 Å². The zero-order valence-corrected chi connectivity index (χ0v) is 19.7. The SMILES string of the molecule is COc1c(Cl)cc(/C(O)=C2\C(=O)C(=O)N(c3ccccc3C)C2c2ccccc2C)cc1Cl. The molecule has 1 unspecified atom stereocenters. The lowest BCUT2D eigenvalue weighted by Gasteiger charge is -2.27. The number of rotatable bonds is 4. The van der Waals surface area contributed by atoms with Crippen LogP contribution >= 0.6 is 23.2 Å². The Kier molecular flexibility index (Phi) is 6.19. The third kappa shape index (κ3) is 3.88. The number of Topliss-reactive ketones (excluding diaryl/α,β-unsaturated/α-hetero) is 1. The number of ether oxygens (including phenoxy) is 1. The van der Waals surface area contributed by atoms with E-state index in [9.17, 15) is 14.7 Å². The molecule has 0 radical (unpaired) electrons. The van der Waals surface area contributed by atoms with Crippen molar-refractivity contribution in [2.75, 3.05) is 12.0 Å². The largest absolute Gasteiger partial charge is 0.507 e. The number of ketones is 1. The molecule has 7 heteroatoms. The number of anilines is 1. The molecule has 3 aromatic rings. The molecule has 168 valence electrons. The van der Waals surface area contributed by atoms with Crippen molar-refractivity contribution >= 4 is 46.3 Å². The monoisotopic (exact) mass is 481 g/mol. The molecule has 0 spiro atoms. The number of hydrogen-bond acceptors (Lipinski definition) is 4. The van der Waals surface area contributed by atoms with Gasteiger partial charge in [0.25, 0.3) is 11.7 Å². The van der Waals surface area contributed by atoms with Crippen LogP contribution in [0.15, 0.2) is 66.2 Å². The minimum atomic E-state index is -0.827. The molecule has 4 rings (SSSR count). The number of methoxy groups -OCH3 is 1. The van der Waals surface area contributed by atoms with Crippen LogP contribution in [-0.4, -0.2) is 23.9 Å². The molecule has 5 nitrogen and oxygen atoms in total.